The van der Waals surface area contributed by atoms with Crippen molar-refractivity contribution in [3.8, 4) is 0 Å². The number of rotatable bonds is 2. The summed E-state index contributed by atoms with van der Waals surface area (Å²) in [5, 5.41) is 0. The fourth-order valence-corrected chi connectivity index (χ4v) is 1.20. The Balaban J connectivity index is 2.86. The van der Waals surface area contributed by atoms with Crippen LogP contribution in [0.2, 0.25) is 0 Å². The number of carbonyl (C=O) groups is 1. The van der Waals surface area contributed by atoms with Crippen molar-refractivity contribution < 1.29 is 9.53 Å². The zero-order valence-corrected chi connectivity index (χ0v) is 9.67. The number of halogens is 1. The Kier molecular flexibility index (Phi) is 3.52. The molecule has 0 saturated carbocycles. The molecule has 1 aromatic carbocycles. The molecule has 0 aromatic heterocycles. The van der Waals surface area contributed by atoms with E-state index in [0.29, 0.717) is 11.3 Å². The lowest BCUT2D eigenvalue weighted by Crippen LogP contribution is -2.11. The molecule has 0 saturated heterocycles. The Hall–Kier alpha value is -1.03. The first kappa shape index (κ1) is 11.0. The van der Waals surface area contributed by atoms with Crippen LogP contribution in [0.3, 0.4) is 0 Å². The van der Waals surface area contributed by atoms with Crippen LogP contribution in [0, 0.1) is 0 Å². The van der Waals surface area contributed by atoms with Gasteiger partial charge in [0.15, 0.2) is 0 Å². The molecule has 76 valence electrons. The van der Waals surface area contributed by atoms with Crippen molar-refractivity contribution in [1.29, 1.82) is 0 Å². The lowest BCUT2D eigenvalue weighted by Gasteiger charge is -2.08. The highest BCUT2D eigenvalue weighted by Crippen LogP contribution is 2.20. The molecule has 2 N–H and O–H groups in total. The van der Waals surface area contributed by atoms with E-state index in [4.69, 9.17) is 10.5 Å². The normalized spacial score (nSPS) is 10.3. The van der Waals surface area contributed by atoms with Gasteiger partial charge in [0.1, 0.15) is 0 Å². The van der Waals surface area contributed by atoms with Crippen LogP contribution in [0.5, 0.6) is 0 Å². The highest BCUT2D eigenvalue weighted by Gasteiger charge is 2.09. The van der Waals surface area contributed by atoms with Crippen LogP contribution in [0.4, 0.5) is 5.69 Å². The molecule has 4 heteroatoms. The maximum Gasteiger partial charge on any atom is 0.338 e. The molecule has 0 bridgehead atoms. The lowest BCUT2D eigenvalue weighted by atomic mass is 10.2. The Morgan fingerprint density at radius 2 is 2.14 bits per heavy atom. The van der Waals surface area contributed by atoms with Crippen LogP contribution in [0.15, 0.2) is 22.7 Å². The molecule has 0 spiro atoms. The minimum atomic E-state index is -0.348. The molecule has 1 rings (SSSR count). The van der Waals surface area contributed by atoms with Crippen molar-refractivity contribution in [3.63, 3.8) is 0 Å². The second kappa shape index (κ2) is 4.46. The number of esters is 1. The van der Waals surface area contributed by atoms with Gasteiger partial charge in [-0.25, -0.2) is 4.79 Å². The summed E-state index contributed by atoms with van der Waals surface area (Å²) in [5.74, 6) is -0.348. The largest absolute Gasteiger partial charge is 0.459 e. The molecule has 0 atom stereocenters. The summed E-state index contributed by atoms with van der Waals surface area (Å²) in [7, 11) is 0. The molecule has 14 heavy (non-hydrogen) atoms. The average Bonchev–Trinajstić information content (AvgIpc) is 2.08. The summed E-state index contributed by atoms with van der Waals surface area (Å²) in [6, 6.07) is 4.99. The summed E-state index contributed by atoms with van der Waals surface area (Å²) >= 11 is 3.25. The number of ether oxygens (including phenoxy) is 1. The summed E-state index contributed by atoms with van der Waals surface area (Å²) in [5.41, 5.74) is 6.64. The quantitative estimate of drug-likeness (QED) is 0.655. The molecule has 0 unspecified atom stereocenters. The predicted molar refractivity (Wildman–Crippen MR) is 59.1 cm³/mol. The SMILES string of the molecule is CC(C)OC(=O)c1ccc(Br)c(N)c1. The number of hydrogen-bond acceptors (Lipinski definition) is 3. The van der Waals surface area contributed by atoms with E-state index in [1.807, 2.05) is 0 Å². The number of nitrogen functional groups attached to an aromatic ring is 1. The zero-order chi connectivity index (χ0) is 10.7. The second-order valence-electron chi connectivity index (χ2n) is 3.19. The van der Waals surface area contributed by atoms with Crippen LogP contribution in [-0.2, 0) is 4.74 Å². The topological polar surface area (TPSA) is 52.3 Å². The number of carbonyl (C=O) groups excluding carboxylic acids is 1. The summed E-state index contributed by atoms with van der Waals surface area (Å²) in [4.78, 5) is 11.4. The number of anilines is 1. The first-order chi connectivity index (χ1) is 6.50. The molecule has 0 radical (unpaired) electrons. The van der Waals surface area contributed by atoms with E-state index in [-0.39, 0.29) is 12.1 Å². The Bertz CT molecular complexity index is 350. The lowest BCUT2D eigenvalue weighted by molar-refractivity contribution is 0.0378. The van der Waals surface area contributed by atoms with Crippen molar-refractivity contribution in [2.24, 2.45) is 0 Å². The maximum absolute atomic E-state index is 11.4. The third kappa shape index (κ3) is 2.73. The molecule has 0 heterocycles. The van der Waals surface area contributed by atoms with E-state index in [0.717, 1.165) is 4.47 Å². The third-order valence-corrected chi connectivity index (χ3v) is 2.30. The van der Waals surface area contributed by atoms with Crippen LogP contribution < -0.4 is 5.73 Å². The highest BCUT2D eigenvalue weighted by molar-refractivity contribution is 9.10. The molecular weight excluding hydrogens is 246 g/mol. The summed E-state index contributed by atoms with van der Waals surface area (Å²) in [6.45, 7) is 3.61. The fourth-order valence-electron chi connectivity index (χ4n) is 0.953. The van der Waals surface area contributed by atoms with Gasteiger partial charge in [-0.1, -0.05) is 0 Å². The molecule has 3 nitrogen and oxygen atoms in total. The molecular formula is C10H12BrNO2. The maximum atomic E-state index is 11.4. The van der Waals surface area contributed by atoms with Gasteiger partial charge in [0.2, 0.25) is 0 Å². The summed E-state index contributed by atoms with van der Waals surface area (Å²) in [6.07, 6.45) is -0.118. The monoisotopic (exact) mass is 257 g/mol. The van der Waals surface area contributed by atoms with E-state index >= 15 is 0 Å². The second-order valence-corrected chi connectivity index (χ2v) is 4.04. The zero-order valence-electron chi connectivity index (χ0n) is 8.08. The van der Waals surface area contributed by atoms with Crippen LogP contribution in [0.25, 0.3) is 0 Å². The van der Waals surface area contributed by atoms with Crippen LogP contribution >= 0.6 is 15.9 Å². The number of nitrogens with two attached hydrogens (primary N) is 1. The molecule has 0 amide bonds. The van der Waals surface area contributed by atoms with Gasteiger partial charge < -0.3 is 10.5 Å². The number of benzene rings is 1. The Morgan fingerprint density at radius 1 is 1.50 bits per heavy atom. The highest BCUT2D eigenvalue weighted by atomic mass is 79.9. The van der Waals surface area contributed by atoms with E-state index in [1.54, 1.807) is 32.0 Å². The smallest absolute Gasteiger partial charge is 0.338 e. The molecule has 1 aromatic rings. The van der Waals surface area contributed by atoms with Crippen LogP contribution in [0.1, 0.15) is 24.2 Å². The first-order valence-corrected chi connectivity index (χ1v) is 5.06. The minimum absolute atomic E-state index is 0.118. The Morgan fingerprint density at radius 3 is 2.64 bits per heavy atom. The van der Waals surface area contributed by atoms with Crippen molar-refractivity contribution in [2.45, 2.75) is 20.0 Å². The Labute approximate surface area is 91.4 Å². The molecule has 0 fully saturated rings. The van der Waals surface area contributed by atoms with Gasteiger partial charge in [-0.15, -0.1) is 0 Å². The van der Waals surface area contributed by atoms with Crippen molar-refractivity contribution in [3.05, 3.63) is 28.2 Å². The molecule has 0 aliphatic rings. The van der Waals surface area contributed by atoms with Crippen molar-refractivity contribution >= 4 is 27.6 Å². The molecule has 0 aliphatic heterocycles. The third-order valence-electron chi connectivity index (χ3n) is 1.57. The summed E-state index contributed by atoms with van der Waals surface area (Å²) < 4.78 is 5.80. The fraction of sp³-hybridized carbons (Fsp3) is 0.300. The van der Waals surface area contributed by atoms with Crippen LogP contribution in [-0.4, -0.2) is 12.1 Å². The standard InChI is InChI=1S/C10H12BrNO2/c1-6(2)14-10(13)7-3-4-8(11)9(12)5-7/h3-6H,12H2,1-2H3. The van der Waals surface area contributed by atoms with Gasteiger partial charge in [-0.05, 0) is 48.0 Å². The van der Waals surface area contributed by atoms with E-state index in [1.165, 1.54) is 0 Å². The van der Waals surface area contributed by atoms with E-state index in [9.17, 15) is 4.79 Å². The average molecular weight is 258 g/mol. The van der Waals surface area contributed by atoms with Crippen molar-refractivity contribution in [2.75, 3.05) is 5.73 Å². The van der Waals surface area contributed by atoms with Gasteiger partial charge in [0.05, 0.1) is 11.7 Å². The van der Waals surface area contributed by atoms with E-state index < -0.39 is 0 Å². The van der Waals surface area contributed by atoms with Gasteiger partial charge in [-0.3, -0.25) is 0 Å². The van der Waals surface area contributed by atoms with Gasteiger partial charge in [0.25, 0.3) is 0 Å². The first-order valence-electron chi connectivity index (χ1n) is 4.26. The van der Waals surface area contributed by atoms with E-state index in [2.05, 4.69) is 15.9 Å². The van der Waals surface area contributed by atoms with Crippen molar-refractivity contribution in [1.82, 2.24) is 0 Å². The van der Waals surface area contributed by atoms with Gasteiger partial charge in [0, 0.05) is 10.2 Å². The van der Waals surface area contributed by atoms with Gasteiger partial charge >= 0.3 is 5.97 Å². The molecule has 0 aliphatic carbocycles. The number of hydrogen-bond donors (Lipinski definition) is 1. The minimum Gasteiger partial charge on any atom is -0.459 e. The predicted octanol–water partition coefficient (Wildman–Crippen LogP) is 2.60. The van der Waals surface area contributed by atoms with Gasteiger partial charge in [-0.2, -0.15) is 0 Å².